The minimum absolute atomic E-state index is 0.202. The molecule has 2 rings (SSSR count). The van der Waals surface area contributed by atoms with Crippen molar-refractivity contribution in [3.63, 3.8) is 0 Å². The molecule has 0 aliphatic rings. The highest BCUT2D eigenvalue weighted by Crippen LogP contribution is 2.38. The Morgan fingerprint density at radius 3 is 2.33 bits per heavy atom. The highest BCUT2D eigenvalue weighted by Gasteiger charge is 2.34. The number of hydrogen-bond acceptors (Lipinski definition) is 2. The van der Waals surface area contributed by atoms with Gasteiger partial charge in [0, 0.05) is 6.04 Å². The summed E-state index contributed by atoms with van der Waals surface area (Å²) in [6, 6.07) is 12.2. The van der Waals surface area contributed by atoms with Crippen molar-refractivity contribution >= 4 is 0 Å². The highest BCUT2D eigenvalue weighted by atomic mass is 19.4. The summed E-state index contributed by atoms with van der Waals surface area (Å²) < 4.78 is 44.8. The SMILES string of the molecule is CC(N)Cc1ccc(Oc2ccccc2)c(C(F)(F)F)c1. The minimum atomic E-state index is -4.47. The van der Waals surface area contributed by atoms with Crippen LogP contribution in [0.5, 0.6) is 11.5 Å². The van der Waals surface area contributed by atoms with E-state index in [1.165, 1.54) is 6.07 Å². The second-order valence-electron chi connectivity index (χ2n) is 4.92. The average Bonchev–Trinajstić information content (AvgIpc) is 2.40. The third kappa shape index (κ3) is 4.23. The fourth-order valence-corrected chi connectivity index (χ4v) is 2.00. The fourth-order valence-electron chi connectivity index (χ4n) is 2.00. The van der Waals surface area contributed by atoms with Crippen molar-refractivity contribution in [2.45, 2.75) is 25.6 Å². The Kier molecular flexibility index (Phi) is 4.53. The van der Waals surface area contributed by atoms with E-state index in [0.29, 0.717) is 17.7 Å². The smallest absolute Gasteiger partial charge is 0.419 e. The van der Waals surface area contributed by atoms with Crippen molar-refractivity contribution in [2.75, 3.05) is 0 Å². The molecule has 1 atom stereocenters. The first-order chi connectivity index (χ1) is 9.86. The van der Waals surface area contributed by atoms with Gasteiger partial charge in [0.2, 0.25) is 0 Å². The molecule has 2 aromatic carbocycles. The molecule has 0 saturated carbocycles. The van der Waals surface area contributed by atoms with Crippen molar-refractivity contribution in [2.24, 2.45) is 5.73 Å². The maximum atomic E-state index is 13.2. The Morgan fingerprint density at radius 1 is 1.10 bits per heavy atom. The van der Waals surface area contributed by atoms with Crippen molar-refractivity contribution in [3.8, 4) is 11.5 Å². The summed E-state index contributed by atoms with van der Waals surface area (Å²) >= 11 is 0. The van der Waals surface area contributed by atoms with Crippen LogP contribution < -0.4 is 10.5 Å². The largest absolute Gasteiger partial charge is 0.457 e. The van der Waals surface area contributed by atoms with Gasteiger partial charge in [0.1, 0.15) is 11.5 Å². The first kappa shape index (κ1) is 15.4. The number of hydrogen-bond donors (Lipinski definition) is 1. The van der Waals surface area contributed by atoms with Gasteiger partial charge in [0.15, 0.2) is 0 Å². The lowest BCUT2D eigenvalue weighted by Gasteiger charge is -2.16. The summed E-state index contributed by atoms with van der Waals surface area (Å²) in [6.07, 6.45) is -4.09. The predicted octanol–water partition coefficient (Wildman–Crippen LogP) is 4.39. The molecule has 0 aliphatic carbocycles. The lowest BCUT2D eigenvalue weighted by Crippen LogP contribution is -2.18. The molecule has 2 aromatic rings. The van der Waals surface area contributed by atoms with Crippen molar-refractivity contribution in [1.29, 1.82) is 0 Å². The lowest BCUT2D eigenvalue weighted by molar-refractivity contribution is -0.138. The molecule has 112 valence electrons. The molecule has 0 amide bonds. The Morgan fingerprint density at radius 2 is 1.76 bits per heavy atom. The maximum absolute atomic E-state index is 13.2. The van der Waals surface area contributed by atoms with E-state index in [4.69, 9.17) is 10.5 Å². The topological polar surface area (TPSA) is 35.2 Å². The van der Waals surface area contributed by atoms with Crippen LogP contribution in [0.25, 0.3) is 0 Å². The van der Waals surface area contributed by atoms with Crippen LogP contribution in [0.2, 0.25) is 0 Å². The summed E-state index contributed by atoms with van der Waals surface area (Å²) in [4.78, 5) is 0. The predicted molar refractivity (Wildman–Crippen MR) is 75.3 cm³/mol. The fraction of sp³-hybridized carbons (Fsp3) is 0.250. The van der Waals surface area contributed by atoms with Gasteiger partial charge in [0.05, 0.1) is 5.56 Å². The van der Waals surface area contributed by atoms with Crippen LogP contribution in [0, 0.1) is 0 Å². The van der Waals surface area contributed by atoms with Gasteiger partial charge >= 0.3 is 6.18 Å². The Bertz CT molecular complexity index is 594. The molecule has 21 heavy (non-hydrogen) atoms. The Labute approximate surface area is 121 Å². The molecule has 0 spiro atoms. The average molecular weight is 295 g/mol. The van der Waals surface area contributed by atoms with Gasteiger partial charge in [-0.3, -0.25) is 0 Å². The lowest BCUT2D eigenvalue weighted by atomic mass is 10.0. The molecule has 0 aliphatic heterocycles. The number of alkyl halides is 3. The van der Waals surface area contributed by atoms with Gasteiger partial charge in [-0.15, -0.1) is 0 Å². The van der Waals surface area contributed by atoms with E-state index in [1.54, 1.807) is 43.3 Å². The molecule has 0 radical (unpaired) electrons. The third-order valence-corrected chi connectivity index (χ3v) is 2.88. The van der Waals surface area contributed by atoms with Crippen LogP contribution >= 0.6 is 0 Å². The van der Waals surface area contributed by atoms with E-state index in [2.05, 4.69) is 0 Å². The molecule has 2 nitrogen and oxygen atoms in total. The Hall–Kier alpha value is -2.01. The zero-order chi connectivity index (χ0) is 15.5. The van der Waals surface area contributed by atoms with E-state index in [-0.39, 0.29) is 11.8 Å². The second-order valence-corrected chi connectivity index (χ2v) is 4.92. The van der Waals surface area contributed by atoms with Crippen LogP contribution in [0.1, 0.15) is 18.1 Å². The van der Waals surface area contributed by atoms with E-state index < -0.39 is 11.7 Å². The highest BCUT2D eigenvalue weighted by molar-refractivity contribution is 5.42. The normalized spacial score (nSPS) is 13.0. The molecule has 0 heterocycles. The Balaban J connectivity index is 2.36. The standard InChI is InChI=1S/C16H16F3NO/c1-11(20)9-12-7-8-15(14(10-12)16(17,18)19)21-13-5-3-2-4-6-13/h2-8,10-11H,9,20H2,1H3. The molecule has 1 unspecified atom stereocenters. The van der Waals surface area contributed by atoms with E-state index in [0.717, 1.165) is 6.07 Å². The summed E-state index contributed by atoms with van der Waals surface area (Å²) in [7, 11) is 0. The number of benzene rings is 2. The van der Waals surface area contributed by atoms with Gasteiger partial charge in [-0.05, 0) is 43.2 Å². The first-order valence-corrected chi connectivity index (χ1v) is 6.55. The molecule has 0 fully saturated rings. The molecule has 2 N–H and O–H groups in total. The summed E-state index contributed by atoms with van der Waals surface area (Å²) in [5.74, 6) is 0.157. The number of nitrogens with two attached hydrogens (primary N) is 1. The van der Waals surface area contributed by atoms with Crippen LogP contribution in [-0.2, 0) is 12.6 Å². The van der Waals surface area contributed by atoms with Crippen LogP contribution in [0.3, 0.4) is 0 Å². The van der Waals surface area contributed by atoms with Gasteiger partial charge in [-0.25, -0.2) is 0 Å². The quantitative estimate of drug-likeness (QED) is 0.908. The summed E-state index contributed by atoms with van der Waals surface area (Å²) in [5.41, 5.74) is 5.38. The molecular formula is C16H16F3NO. The third-order valence-electron chi connectivity index (χ3n) is 2.88. The maximum Gasteiger partial charge on any atom is 0.419 e. The molecule has 0 bridgehead atoms. The van der Waals surface area contributed by atoms with E-state index in [1.807, 2.05) is 0 Å². The molecule has 0 saturated heterocycles. The number of rotatable bonds is 4. The molecule has 5 heteroatoms. The summed E-state index contributed by atoms with van der Waals surface area (Å²) in [6.45, 7) is 1.75. The van der Waals surface area contributed by atoms with Gasteiger partial charge in [-0.2, -0.15) is 13.2 Å². The van der Waals surface area contributed by atoms with Crippen molar-refractivity contribution in [3.05, 3.63) is 59.7 Å². The number of ether oxygens (including phenoxy) is 1. The monoisotopic (exact) mass is 295 g/mol. The number of halogens is 3. The number of para-hydroxylation sites is 1. The first-order valence-electron chi connectivity index (χ1n) is 6.55. The molecular weight excluding hydrogens is 279 g/mol. The molecule has 0 aromatic heterocycles. The zero-order valence-electron chi connectivity index (χ0n) is 11.5. The van der Waals surface area contributed by atoms with Crippen molar-refractivity contribution < 1.29 is 17.9 Å². The van der Waals surface area contributed by atoms with Crippen molar-refractivity contribution in [1.82, 2.24) is 0 Å². The minimum Gasteiger partial charge on any atom is -0.457 e. The van der Waals surface area contributed by atoms with E-state index in [9.17, 15) is 13.2 Å². The summed E-state index contributed by atoms with van der Waals surface area (Å²) in [5, 5.41) is 0. The van der Waals surface area contributed by atoms with Crippen LogP contribution in [0.4, 0.5) is 13.2 Å². The van der Waals surface area contributed by atoms with Gasteiger partial charge in [-0.1, -0.05) is 24.3 Å². The van der Waals surface area contributed by atoms with Gasteiger partial charge in [0.25, 0.3) is 0 Å². The zero-order valence-corrected chi connectivity index (χ0v) is 11.5. The second kappa shape index (κ2) is 6.18. The van der Waals surface area contributed by atoms with Crippen LogP contribution in [0.15, 0.2) is 48.5 Å². The van der Waals surface area contributed by atoms with Crippen LogP contribution in [-0.4, -0.2) is 6.04 Å². The van der Waals surface area contributed by atoms with Gasteiger partial charge < -0.3 is 10.5 Å². The van der Waals surface area contributed by atoms with E-state index >= 15 is 0 Å².